The first-order valence-corrected chi connectivity index (χ1v) is 4.71. The van der Waals surface area contributed by atoms with E-state index in [0.29, 0.717) is 18.8 Å². The standard InChI is InChI=1S/C10H13FN2O/c11-8-1-2-9(14-6-4-12)7-3-5-13-10(7)8/h1-2,13H,3-6,12H2. The van der Waals surface area contributed by atoms with Crippen LogP contribution < -0.4 is 15.8 Å². The minimum absolute atomic E-state index is 0.211. The van der Waals surface area contributed by atoms with Gasteiger partial charge in [-0.2, -0.15) is 0 Å². The average Bonchev–Trinajstić information content (AvgIpc) is 2.66. The number of nitrogens with one attached hydrogen (secondary N) is 1. The number of anilines is 1. The molecule has 3 nitrogen and oxygen atoms in total. The van der Waals surface area contributed by atoms with Gasteiger partial charge in [-0.25, -0.2) is 4.39 Å². The van der Waals surface area contributed by atoms with E-state index in [-0.39, 0.29) is 5.82 Å². The lowest BCUT2D eigenvalue weighted by molar-refractivity contribution is 0.325. The smallest absolute Gasteiger partial charge is 0.146 e. The van der Waals surface area contributed by atoms with Gasteiger partial charge in [0.1, 0.15) is 18.2 Å². The van der Waals surface area contributed by atoms with Gasteiger partial charge in [-0.3, -0.25) is 0 Å². The van der Waals surface area contributed by atoms with Crippen LogP contribution in [-0.4, -0.2) is 19.7 Å². The van der Waals surface area contributed by atoms with E-state index < -0.39 is 0 Å². The number of nitrogens with two attached hydrogens (primary N) is 1. The molecule has 1 aromatic carbocycles. The first-order chi connectivity index (χ1) is 6.83. The van der Waals surface area contributed by atoms with Gasteiger partial charge in [-0.1, -0.05) is 0 Å². The van der Waals surface area contributed by atoms with Crippen LogP contribution in [0.3, 0.4) is 0 Å². The van der Waals surface area contributed by atoms with Crippen molar-refractivity contribution in [3.8, 4) is 5.75 Å². The lowest BCUT2D eigenvalue weighted by Gasteiger charge is -2.09. The molecule has 0 aliphatic carbocycles. The molecule has 0 atom stereocenters. The van der Waals surface area contributed by atoms with E-state index >= 15 is 0 Å². The van der Waals surface area contributed by atoms with Crippen LogP contribution in [0.15, 0.2) is 12.1 Å². The predicted octanol–water partition coefficient (Wildman–Crippen LogP) is 1.13. The van der Waals surface area contributed by atoms with Crippen molar-refractivity contribution in [1.82, 2.24) is 0 Å². The molecule has 0 spiro atoms. The maximum Gasteiger partial charge on any atom is 0.146 e. The summed E-state index contributed by atoms with van der Waals surface area (Å²) in [5.74, 6) is 0.537. The van der Waals surface area contributed by atoms with Crippen molar-refractivity contribution in [2.24, 2.45) is 5.73 Å². The molecular weight excluding hydrogens is 183 g/mol. The Kier molecular flexibility index (Phi) is 2.54. The summed E-state index contributed by atoms with van der Waals surface area (Å²) in [6.45, 7) is 1.72. The van der Waals surface area contributed by atoms with Crippen molar-refractivity contribution in [2.45, 2.75) is 6.42 Å². The van der Waals surface area contributed by atoms with Crippen LogP contribution in [0.2, 0.25) is 0 Å². The van der Waals surface area contributed by atoms with Gasteiger partial charge < -0.3 is 15.8 Å². The van der Waals surface area contributed by atoms with Crippen molar-refractivity contribution in [3.63, 3.8) is 0 Å². The van der Waals surface area contributed by atoms with Gasteiger partial charge in [0, 0.05) is 18.7 Å². The van der Waals surface area contributed by atoms with E-state index in [1.807, 2.05) is 0 Å². The molecule has 76 valence electrons. The highest BCUT2D eigenvalue weighted by Gasteiger charge is 2.18. The predicted molar refractivity (Wildman–Crippen MR) is 53.1 cm³/mol. The quantitative estimate of drug-likeness (QED) is 0.761. The second-order valence-electron chi connectivity index (χ2n) is 3.21. The summed E-state index contributed by atoms with van der Waals surface area (Å²) in [4.78, 5) is 0. The van der Waals surface area contributed by atoms with Gasteiger partial charge in [0.2, 0.25) is 0 Å². The maximum atomic E-state index is 13.3. The van der Waals surface area contributed by atoms with Crippen LogP contribution in [0.4, 0.5) is 10.1 Å². The van der Waals surface area contributed by atoms with E-state index in [2.05, 4.69) is 5.32 Å². The second-order valence-corrected chi connectivity index (χ2v) is 3.21. The van der Waals surface area contributed by atoms with Crippen LogP contribution in [0.5, 0.6) is 5.75 Å². The van der Waals surface area contributed by atoms with Crippen LogP contribution in [0.25, 0.3) is 0 Å². The molecule has 0 fully saturated rings. The fourth-order valence-corrected chi connectivity index (χ4v) is 1.66. The summed E-state index contributed by atoms with van der Waals surface area (Å²) in [5.41, 5.74) is 6.85. The number of ether oxygens (including phenoxy) is 1. The van der Waals surface area contributed by atoms with Crippen molar-refractivity contribution in [2.75, 3.05) is 25.0 Å². The molecule has 1 aliphatic heterocycles. The zero-order valence-corrected chi connectivity index (χ0v) is 7.85. The first-order valence-electron chi connectivity index (χ1n) is 4.71. The monoisotopic (exact) mass is 196 g/mol. The molecule has 0 bridgehead atoms. The van der Waals surface area contributed by atoms with Gasteiger partial charge in [-0.15, -0.1) is 0 Å². The molecule has 4 heteroatoms. The SMILES string of the molecule is NCCOc1ccc(F)c2c1CCN2. The highest BCUT2D eigenvalue weighted by molar-refractivity contribution is 5.62. The molecule has 0 radical (unpaired) electrons. The number of benzene rings is 1. The summed E-state index contributed by atoms with van der Waals surface area (Å²) in [6, 6.07) is 3.08. The van der Waals surface area contributed by atoms with Gasteiger partial charge in [0.05, 0.1) is 5.69 Å². The Hall–Kier alpha value is -1.29. The van der Waals surface area contributed by atoms with Crippen molar-refractivity contribution in [1.29, 1.82) is 0 Å². The third kappa shape index (κ3) is 1.53. The van der Waals surface area contributed by atoms with E-state index in [0.717, 1.165) is 24.3 Å². The molecule has 1 aliphatic rings. The molecule has 2 rings (SSSR count). The van der Waals surface area contributed by atoms with Crippen LogP contribution in [0.1, 0.15) is 5.56 Å². The summed E-state index contributed by atoms with van der Waals surface area (Å²) < 4.78 is 18.7. The lowest BCUT2D eigenvalue weighted by atomic mass is 10.1. The molecular formula is C10H13FN2O. The summed E-state index contributed by atoms with van der Waals surface area (Å²) in [7, 11) is 0. The zero-order chi connectivity index (χ0) is 9.97. The zero-order valence-electron chi connectivity index (χ0n) is 7.85. The highest BCUT2D eigenvalue weighted by atomic mass is 19.1. The number of halogens is 1. The van der Waals surface area contributed by atoms with Crippen molar-refractivity contribution < 1.29 is 9.13 Å². The average molecular weight is 196 g/mol. The normalized spacial score (nSPS) is 13.6. The summed E-state index contributed by atoms with van der Waals surface area (Å²) in [5, 5.41) is 3.00. The Balaban J connectivity index is 2.29. The number of hydrogen-bond acceptors (Lipinski definition) is 3. The van der Waals surface area contributed by atoms with E-state index in [1.54, 1.807) is 6.07 Å². The largest absolute Gasteiger partial charge is 0.492 e. The van der Waals surface area contributed by atoms with Gasteiger partial charge >= 0.3 is 0 Å². The Bertz CT molecular complexity index is 341. The Morgan fingerprint density at radius 3 is 3.14 bits per heavy atom. The molecule has 1 aromatic rings. The van der Waals surface area contributed by atoms with Crippen LogP contribution in [-0.2, 0) is 6.42 Å². The number of hydrogen-bond donors (Lipinski definition) is 2. The lowest BCUT2D eigenvalue weighted by Crippen LogP contribution is -2.11. The molecule has 1 heterocycles. The molecule has 0 amide bonds. The molecule has 0 saturated heterocycles. The van der Waals surface area contributed by atoms with Crippen molar-refractivity contribution >= 4 is 5.69 Å². The van der Waals surface area contributed by atoms with Crippen LogP contribution in [0, 0.1) is 5.82 Å². The summed E-state index contributed by atoms with van der Waals surface area (Å²) >= 11 is 0. The minimum atomic E-state index is -0.211. The van der Waals surface area contributed by atoms with E-state index in [1.165, 1.54) is 6.07 Å². The van der Waals surface area contributed by atoms with E-state index in [9.17, 15) is 4.39 Å². The highest BCUT2D eigenvalue weighted by Crippen LogP contribution is 2.33. The number of fused-ring (bicyclic) bond motifs is 1. The molecule has 0 unspecified atom stereocenters. The number of rotatable bonds is 3. The fourth-order valence-electron chi connectivity index (χ4n) is 1.66. The fraction of sp³-hybridized carbons (Fsp3) is 0.400. The van der Waals surface area contributed by atoms with Gasteiger partial charge in [0.25, 0.3) is 0 Å². The molecule has 0 saturated carbocycles. The molecule has 3 N–H and O–H groups in total. The Morgan fingerprint density at radius 1 is 1.50 bits per heavy atom. The third-order valence-electron chi connectivity index (χ3n) is 2.27. The summed E-state index contributed by atoms with van der Waals surface area (Å²) in [6.07, 6.45) is 0.812. The molecule has 14 heavy (non-hydrogen) atoms. The Labute approximate surface area is 82.1 Å². The van der Waals surface area contributed by atoms with Gasteiger partial charge in [-0.05, 0) is 18.6 Å². The first kappa shape index (κ1) is 9.27. The van der Waals surface area contributed by atoms with E-state index in [4.69, 9.17) is 10.5 Å². The Morgan fingerprint density at radius 2 is 2.36 bits per heavy atom. The third-order valence-corrected chi connectivity index (χ3v) is 2.27. The van der Waals surface area contributed by atoms with Gasteiger partial charge in [0.15, 0.2) is 0 Å². The maximum absolute atomic E-state index is 13.3. The van der Waals surface area contributed by atoms with Crippen LogP contribution >= 0.6 is 0 Å². The second kappa shape index (κ2) is 3.84. The van der Waals surface area contributed by atoms with Crippen molar-refractivity contribution in [3.05, 3.63) is 23.5 Å². The topological polar surface area (TPSA) is 47.3 Å². The molecule has 0 aromatic heterocycles. The minimum Gasteiger partial charge on any atom is -0.492 e.